The molecule has 3 unspecified atom stereocenters. The van der Waals surface area contributed by atoms with Crippen molar-refractivity contribution in [2.24, 2.45) is 16.7 Å². The van der Waals surface area contributed by atoms with Crippen LogP contribution in [0, 0.1) is 16.7 Å². The van der Waals surface area contributed by atoms with Gasteiger partial charge in [0.2, 0.25) is 0 Å². The van der Waals surface area contributed by atoms with Crippen LogP contribution < -0.4 is 12.4 Å². The lowest BCUT2D eigenvalue weighted by Crippen LogP contribution is -3.00. The molecule has 2 aliphatic carbocycles. The van der Waals surface area contributed by atoms with Gasteiger partial charge in [0.05, 0.1) is 20.6 Å². The van der Waals surface area contributed by atoms with E-state index < -0.39 is 0 Å². The Kier molecular flexibility index (Phi) is 6.21. The molecule has 0 saturated heterocycles. The van der Waals surface area contributed by atoms with Gasteiger partial charge in [0.15, 0.2) is 6.54 Å². The highest BCUT2D eigenvalue weighted by molar-refractivity contribution is 5.71. The maximum Gasteiger partial charge on any atom is 0.362 e. The molecule has 0 aromatic heterocycles. The van der Waals surface area contributed by atoms with Crippen molar-refractivity contribution in [3.63, 3.8) is 0 Å². The standard InChI is InChI=1S/C18H35N2O2.ClH/c1-17(2)14-8-9-18(17,3)15(12-14)22-16(21)13-20(6,7)11-10-19(4)5;/h14-15H,8-13H2,1-7H3;1H/q+1;/p-1. The summed E-state index contributed by atoms with van der Waals surface area (Å²) in [6, 6.07) is 0. The second kappa shape index (κ2) is 6.89. The zero-order chi connectivity index (χ0) is 16.8. The van der Waals surface area contributed by atoms with Gasteiger partial charge in [-0.15, -0.1) is 0 Å². The summed E-state index contributed by atoms with van der Waals surface area (Å²) in [5, 5.41) is 0. The van der Waals surface area contributed by atoms with Crippen molar-refractivity contribution >= 4 is 5.97 Å². The first kappa shape index (κ1) is 20.7. The number of quaternary nitrogens is 1. The maximum absolute atomic E-state index is 12.4. The molecule has 2 saturated carbocycles. The lowest BCUT2D eigenvalue weighted by molar-refractivity contribution is -0.882. The minimum absolute atomic E-state index is 0. The Balaban J connectivity index is 0.00000264. The van der Waals surface area contributed by atoms with Crippen LogP contribution in [0.2, 0.25) is 0 Å². The van der Waals surface area contributed by atoms with Crippen LogP contribution in [-0.2, 0) is 9.53 Å². The fourth-order valence-electron chi connectivity index (χ4n) is 4.40. The van der Waals surface area contributed by atoms with E-state index in [0.717, 1.165) is 19.5 Å². The third kappa shape index (κ3) is 4.02. The third-order valence-electron chi connectivity index (χ3n) is 6.70. The van der Waals surface area contributed by atoms with Gasteiger partial charge in [0, 0.05) is 12.0 Å². The van der Waals surface area contributed by atoms with E-state index in [9.17, 15) is 4.79 Å². The highest BCUT2D eigenvalue weighted by Crippen LogP contribution is 2.66. The Hall–Kier alpha value is -0.320. The normalized spacial score (nSPS) is 32.0. The molecule has 0 radical (unpaired) electrons. The number of rotatable bonds is 6. The van der Waals surface area contributed by atoms with Gasteiger partial charge in [0.1, 0.15) is 6.10 Å². The highest BCUT2D eigenvalue weighted by atomic mass is 35.5. The van der Waals surface area contributed by atoms with E-state index in [-0.39, 0.29) is 29.9 Å². The summed E-state index contributed by atoms with van der Waals surface area (Å²) in [6.07, 6.45) is 3.66. The number of halogens is 1. The van der Waals surface area contributed by atoms with E-state index in [0.29, 0.717) is 22.4 Å². The number of esters is 1. The Morgan fingerprint density at radius 2 is 1.87 bits per heavy atom. The molecule has 0 N–H and O–H groups in total. The Morgan fingerprint density at radius 1 is 1.26 bits per heavy atom. The van der Waals surface area contributed by atoms with Crippen LogP contribution in [-0.4, -0.2) is 69.3 Å². The van der Waals surface area contributed by atoms with Crippen molar-refractivity contribution < 1.29 is 26.4 Å². The molecule has 0 aromatic rings. The Labute approximate surface area is 148 Å². The van der Waals surface area contributed by atoms with Gasteiger partial charge in [-0.2, -0.15) is 0 Å². The minimum Gasteiger partial charge on any atom is -1.00 e. The maximum atomic E-state index is 12.4. The molecule has 2 fully saturated rings. The fraction of sp³-hybridized carbons (Fsp3) is 0.944. The first-order valence-corrected chi connectivity index (χ1v) is 8.64. The second-order valence-electron chi connectivity index (χ2n) is 9.21. The van der Waals surface area contributed by atoms with Gasteiger partial charge in [0.25, 0.3) is 0 Å². The number of likely N-dealkylation sites (N-methyl/N-ethyl adjacent to an activating group) is 2. The molecule has 0 amide bonds. The number of nitrogens with zero attached hydrogens (tertiary/aromatic N) is 2. The van der Waals surface area contributed by atoms with Gasteiger partial charge >= 0.3 is 5.97 Å². The Bertz CT molecular complexity index is 437. The van der Waals surface area contributed by atoms with E-state index in [2.05, 4.69) is 53.9 Å². The summed E-state index contributed by atoms with van der Waals surface area (Å²) in [5.74, 6) is 0.685. The van der Waals surface area contributed by atoms with Crippen LogP contribution in [0.3, 0.4) is 0 Å². The summed E-state index contributed by atoms with van der Waals surface area (Å²) in [7, 11) is 8.35. The smallest absolute Gasteiger partial charge is 0.362 e. The number of hydrogen-bond acceptors (Lipinski definition) is 3. The molecule has 0 spiro atoms. The lowest BCUT2D eigenvalue weighted by Gasteiger charge is -2.39. The molecule has 5 heteroatoms. The number of carbonyl (C=O) groups is 1. The highest BCUT2D eigenvalue weighted by Gasteiger charge is 2.62. The van der Waals surface area contributed by atoms with Crippen molar-refractivity contribution in [2.75, 3.05) is 47.8 Å². The van der Waals surface area contributed by atoms with Gasteiger partial charge in [-0.25, -0.2) is 4.79 Å². The van der Waals surface area contributed by atoms with E-state index in [4.69, 9.17) is 4.74 Å². The first-order chi connectivity index (χ1) is 9.98. The molecule has 2 aliphatic rings. The molecule has 2 bridgehead atoms. The van der Waals surface area contributed by atoms with Crippen LogP contribution in [0.15, 0.2) is 0 Å². The topological polar surface area (TPSA) is 29.5 Å². The van der Waals surface area contributed by atoms with Gasteiger partial charge in [-0.05, 0) is 44.7 Å². The number of fused-ring (bicyclic) bond motifs is 2. The summed E-state index contributed by atoms with van der Waals surface area (Å²) in [4.78, 5) is 14.6. The predicted molar refractivity (Wildman–Crippen MR) is 89.5 cm³/mol. The molecule has 0 aliphatic heterocycles. The lowest BCUT2D eigenvalue weighted by atomic mass is 9.70. The first-order valence-electron chi connectivity index (χ1n) is 8.64. The van der Waals surface area contributed by atoms with Crippen molar-refractivity contribution in [2.45, 2.75) is 46.1 Å². The van der Waals surface area contributed by atoms with Crippen molar-refractivity contribution in [1.82, 2.24) is 4.90 Å². The number of carbonyl (C=O) groups excluding carboxylic acids is 1. The van der Waals surface area contributed by atoms with E-state index in [1.807, 2.05) is 0 Å². The zero-order valence-corrected chi connectivity index (χ0v) is 16.7. The largest absolute Gasteiger partial charge is 1.00 e. The fourth-order valence-corrected chi connectivity index (χ4v) is 4.40. The van der Waals surface area contributed by atoms with Crippen LogP contribution in [0.5, 0.6) is 0 Å². The Morgan fingerprint density at radius 3 is 2.30 bits per heavy atom. The van der Waals surface area contributed by atoms with Crippen LogP contribution in [0.25, 0.3) is 0 Å². The third-order valence-corrected chi connectivity index (χ3v) is 6.70. The van der Waals surface area contributed by atoms with Gasteiger partial charge in [-0.1, -0.05) is 20.8 Å². The minimum atomic E-state index is -0.0293. The average Bonchev–Trinajstić information content (AvgIpc) is 2.69. The van der Waals surface area contributed by atoms with Crippen LogP contribution in [0.1, 0.15) is 40.0 Å². The quantitative estimate of drug-likeness (QED) is 0.474. The number of hydrogen-bond donors (Lipinski definition) is 0. The molecule has 3 atom stereocenters. The molecule has 4 nitrogen and oxygen atoms in total. The van der Waals surface area contributed by atoms with Gasteiger partial charge < -0.3 is 26.5 Å². The summed E-state index contributed by atoms with van der Waals surface area (Å²) in [5.41, 5.74) is 0.460. The zero-order valence-electron chi connectivity index (χ0n) is 16.0. The van der Waals surface area contributed by atoms with E-state index >= 15 is 0 Å². The molecule has 0 aromatic carbocycles. The molecule has 136 valence electrons. The summed E-state index contributed by atoms with van der Waals surface area (Å²) in [6.45, 7) is 9.44. The number of ether oxygens (including phenoxy) is 1. The molecular formula is C18H35ClN2O2. The van der Waals surface area contributed by atoms with Crippen LogP contribution >= 0.6 is 0 Å². The van der Waals surface area contributed by atoms with Crippen molar-refractivity contribution in [3.8, 4) is 0 Å². The van der Waals surface area contributed by atoms with Crippen molar-refractivity contribution in [1.29, 1.82) is 0 Å². The monoisotopic (exact) mass is 346 g/mol. The van der Waals surface area contributed by atoms with Gasteiger partial charge in [-0.3, -0.25) is 0 Å². The molecule has 0 heterocycles. The van der Waals surface area contributed by atoms with Crippen LogP contribution in [0.4, 0.5) is 0 Å². The molecular weight excluding hydrogens is 312 g/mol. The second-order valence-corrected chi connectivity index (χ2v) is 9.21. The summed E-state index contributed by atoms with van der Waals surface area (Å²) >= 11 is 0. The summed E-state index contributed by atoms with van der Waals surface area (Å²) < 4.78 is 6.65. The average molecular weight is 347 g/mol. The van der Waals surface area contributed by atoms with E-state index in [1.54, 1.807) is 0 Å². The predicted octanol–water partition coefficient (Wildman–Crippen LogP) is -0.614. The molecule has 2 rings (SSSR count). The van der Waals surface area contributed by atoms with Crippen molar-refractivity contribution in [3.05, 3.63) is 0 Å². The molecule has 23 heavy (non-hydrogen) atoms. The van der Waals surface area contributed by atoms with E-state index in [1.165, 1.54) is 12.8 Å². The SMILES string of the molecule is CN(C)CC[N+](C)(C)CC(=O)OC1CC2CCC1(C)C2(C)C.[Cl-].